The first kappa shape index (κ1) is 20.9. The summed E-state index contributed by atoms with van der Waals surface area (Å²) in [4.78, 5) is 26.4. The molecular formula is C17H25BrClN3O2. The van der Waals surface area contributed by atoms with Gasteiger partial charge in [0.1, 0.15) is 0 Å². The van der Waals surface area contributed by atoms with Gasteiger partial charge in [0.25, 0.3) is 0 Å². The molecule has 1 heterocycles. The number of anilines is 1. The second-order valence-electron chi connectivity index (χ2n) is 5.96. The molecule has 1 fully saturated rings. The van der Waals surface area contributed by atoms with E-state index >= 15 is 0 Å². The van der Waals surface area contributed by atoms with Crippen molar-refractivity contribution in [1.82, 2.24) is 4.90 Å². The number of nitrogens with zero attached hydrogens (tertiary/aromatic N) is 1. The Morgan fingerprint density at radius 2 is 1.96 bits per heavy atom. The Morgan fingerprint density at radius 1 is 1.33 bits per heavy atom. The molecule has 0 aliphatic carbocycles. The number of halogens is 2. The molecule has 1 aromatic rings. The van der Waals surface area contributed by atoms with E-state index in [4.69, 9.17) is 5.73 Å². The molecule has 0 spiro atoms. The smallest absolute Gasteiger partial charge is 0.239 e. The van der Waals surface area contributed by atoms with Crippen molar-refractivity contribution in [2.45, 2.75) is 38.6 Å². The summed E-state index contributed by atoms with van der Waals surface area (Å²) < 4.78 is 0.867. The average Bonchev–Trinajstić information content (AvgIpc) is 2.56. The molecule has 1 aromatic carbocycles. The fourth-order valence-corrected chi connectivity index (χ4v) is 3.21. The minimum absolute atomic E-state index is 0. The van der Waals surface area contributed by atoms with E-state index in [1.54, 1.807) is 4.90 Å². The van der Waals surface area contributed by atoms with Crippen LogP contribution in [-0.4, -0.2) is 35.8 Å². The van der Waals surface area contributed by atoms with Gasteiger partial charge >= 0.3 is 0 Å². The molecule has 0 aromatic heterocycles. The van der Waals surface area contributed by atoms with Crippen molar-refractivity contribution in [2.75, 3.05) is 18.4 Å². The van der Waals surface area contributed by atoms with Crippen LogP contribution in [0.5, 0.6) is 0 Å². The summed E-state index contributed by atoms with van der Waals surface area (Å²) in [5.74, 6) is -0.0353. The van der Waals surface area contributed by atoms with Crippen LogP contribution in [0.25, 0.3) is 0 Å². The lowest BCUT2D eigenvalue weighted by atomic mass is 9.95. The van der Waals surface area contributed by atoms with E-state index in [1.165, 1.54) is 0 Å². The molecule has 24 heavy (non-hydrogen) atoms. The Kier molecular flexibility index (Phi) is 8.73. The molecule has 5 nitrogen and oxygen atoms in total. The molecule has 0 saturated carbocycles. The summed E-state index contributed by atoms with van der Waals surface area (Å²) in [7, 11) is 0. The number of hydrogen-bond donors (Lipinski definition) is 2. The van der Waals surface area contributed by atoms with E-state index in [1.807, 2.05) is 31.2 Å². The van der Waals surface area contributed by atoms with Gasteiger partial charge in [0, 0.05) is 23.5 Å². The van der Waals surface area contributed by atoms with E-state index in [9.17, 15) is 9.59 Å². The maximum atomic E-state index is 12.4. The SMILES string of the molecule is CCCC(N)C(=O)N1CCC(C(=O)Nc2ccccc2Br)CC1.Cl. The van der Waals surface area contributed by atoms with Crippen LogP contribution in [-0.2, 0) is 9.59 Å². The van der Waals surface area contributed by atoms with Gasteiger partial charge in [-0.2, -0.15) is 0 Å². The Bertz CT molecular complexity index is 563. The number of rotatable bonds is 5. The molecule has 1 aliphatic heterocycles. The van der Waals surface area contributed by atoms with Crippen molar-refractivity contribution in [1.29, 1.82) is 0 Å². The van der Waals surface area contributed by atoms with Crippen molar-refractivity contribution < 1.29 is 9.59 Å². The Balaban J connectivity index is 0.00000288. The van der Waals surface area contributed by atoms with Gasteiger partial charge in [0.05, 0.1) is 11.7 Å². The maximum absolute atomic E-state index is 12.4. The zero-order valence-corrected chi connectivity index (χ0v) is 16.2. The molecule has 1 atom stereocenters. The highest BCUT2D eigenvalue weighted by Gasteiger charge is 2.29. The number of nitrogens with two attached hydrogens (primary N) is 1. The van der Waals surface area contributed by atoms with Gasteiger partial charge in [-0.25, -0.2) is 0 Å². The topological polar surface area (TPSA) is 75.4 Å². The van der Waals surface area contributed by atoms with Crippen LogP contribution in [0.4, 0.5) is 5.69 Å². The largest absolute Gasteiger partial charge is 0.341 e. The molecular weight excluding hydrogens is 394 g/mol. The lowest BCUT2D eigenvalue weighted by molar-refractivity contribution is -0.135. The highest BCUT2D eigenvalue weighted by atomic mass is 79.9. The number of nitrogens with one attached hydrogen (secondary N) is 1. The molecule has 1 aliphatic rings. The first-order valence-corrected chi connectivity index (χ1v) is 8.92. The summed E-state index contributed by atoms with van der Waals surface area (Å²) in [6.45, 7) is 3.22. The first-order chi connectivity index (χ1) is 11.0. The van der Waals surface area contributed by atoms with Crippen molar-refractivity contribution in [3.8, 4) is 0 Å². The summed E-state index contributed by atoms with van der Waals surface area (Å²) in [6.07, 6.45) is 2.97. The number of benzene rings is 1. The third kappa shape index (κ3) is 5.46. The number of para-hydroxylation sites is 1. The van der Waals surface area contributed by atoms with Crippen LogP contribution in [0.3, 0.4) is 0 Å². The van der Waals surface area contributed by atoms with Gasteiger partial charge in [0.15, 0.2) is 0 Å². The number of carbonyl (C=O) groups is 2. The average molecular weight is 419 g/mol. The van der Waals surface area contributed by atoms with Crippen molar-refractivity contribution in [3.05, 3.63) is 28.7 Å². The van der Waals surface area contributed by atoms with Crippen LogP contribution < -0.4 is 11.1 Å². The monoisotopic (exact) mass is 417 g/mol. The molecule has 1 unspecified atom stereocenters. The Hall–Kier alpha value is -1.11. The molecule has 134 valence electrons. The number of piperidine rings is 1. The van der Waals surface area contributed by atoms with E-state index in [-0.39, 0.29) is 30.1 Å². The number of likely N-dealkylation sites (tertiary alicyclic amines) is 1. The summed E-state index contributed by atoms with van der Waals surface area (Å²) >= 11 is 3.43. The zero-order chi connectivity index (χ0) is 16.8. The summed E-state index contributed by atoms with van der Waals surface area (Å²) in [5.41, 5.74) is 6.67. The number of carbonyl (C=O) groups excluding carboxylic acids is 2. The molecule has 0 bridgehead atoms. The summed E-state index contributed by atoms with van der Waals surface area (Å²) in [6, 6.07) is 7.14. The van der Waals surface area contributed by atoms with Gasteiger partial charge < -0.3 is 16.0 Å². The first-order valence-electron chi connectivity index (χ1n) is 8.12. The normalized spacial score (nSPS) is 16.2. The van der Waals surface area contributed by atoms with E-state index in [0.717, 1.165) is 16.6 Å². The standard InChI is InChI=1S/C17H24BrN3O2.ClH/c1-2-5-14(19)17(23)21-10-8-12(9-11-21)16(22)20-15-7-4-3-6-13(15)18;/h3-4,6-7,12,14H,2,5,8-11,19H2,1H3,(H,20,22);1H. The van der Waals surface area contributed by atoms with Crippen LogP contribution in [0, 0.1) is 5.92 Å². The summed E-state index contributed by atoms with van der Waals surface area (Å²) in [5, 5.41) is 2.95. The molecule has 0 radical (unpaired) electrons. The Labute approximate surface area is 157 Å². The minimum atomic E-state index is -0.411. The van der Waals surface area contributed by atoms with Crippen molar-refractivity contribution in [2.24, 2.45) is 11.7 Å². The fourth-order valence-electron chi connectivity index (χ4n) is 2.83. The fraction of sp³-hybridized carbons (Fsp3) is 0.529. The quantitative estimate of drug-likeness (QED) is 0.771. The van der Waals surface area contributed by atoms with E-state index in [0.29, 0.717) is 32.4 Å². The van der Waals surface area contributed by atoms with Crippen molar-refractivity contribution in [3.63, 3.8) is 0 Å². The molecule has 2 amide bonds. The number of amides is 2. The van der Waals surface area contributed by atoms with Crippen LogP contribution in [0.15, 0.2) is 28.7 Å². The van der Waals surface area contributed by atoms with Gasteiger partial charge in [-0.05, 0) is 47.3 Å². The second-order valence-corrected chi connectivity index (χ2v) is 6.82. The van der Waals surface area contributed by atoms with Crippen molar-refractivity contribution >= 4 is 45.8 Å². The number of hydrogen-bond acceptors (Lipinski definition) is 3. The van der Waals surface area contributed by atoms with Gasteiger partial charge in [-0.15, -0.1) is 12.4 Å². The van der Waals surface area contributed by atoms with Gasteiger partial charge in [0.2, 0.25) is 11.8 Å². The molecule has 7 heteroatoms. The highest BCUT2D eigenvalue weighted by Crippen LogP contribution is 2.24. The van der Waals surface area contributed by atoms with E-state index < -0.39 is 6.04 Å². The molecule has 2 rings (SSSR count). The van der Waals surface area contributed by atoms with Crippen LogP contribution in [0.2, 0.25) is 0 Å². The molecule has 3 N–H and O–H groups in total. The zero-order valence-electron chi connectivity index (χ0n) is 13.8. The Morgan fingerprint density at radius 3 is 2.54 bits per heavy atom. The predicted molar refractivity (Wildman–Crippen MR) is 102 cm³/mol. The lowest BCUT2D eigenvalue weighted by Crippen LogP contribution is -2.48. The highest BCUT2D eigenvalue weighted by molar-refractivity contribution is 9.10. The second kappa shape index (κ2) is 10.0. The van der Waals surface area contributed by atoms with Gasteiger partial charge in [-0.1, -0.05) is 25.5 Å². The van der Waals surface area contributed by atoms with Crippen LogP contribution >= 0.6 is 28.3 Å². The third-order valence-corrected chi connectivity index (χ3v) is 4.92. The minimum Gasteiger partial charge on any atom is -0.341 e. The molecule has 1 saturated heterocycles. The maximum Gasteiger partial charge on any atom is 0.239 e. The third-order valence-electron chi connectivity index (χ3n) is 4.23. The van der Waals surface area contributed by atoms with Gasteiger partial charge in [-0.3, -0.25) is 9.59 Å². The predicted octanol–water partition coefficient (Wildman–Crippen LogP) is 3.18. The lowest BCUT2D eigenvalue weighted by Gasteiger charge is -2.33. The van der Waals surface area contributed by atoms with E-state index in [2.05, 4.69) is 21.2 Å². The van der Waals surface area contributed by atoms with Crippen LogP contribution in [0.1, 0.15) is 32.6 Å².